The first-order valence-electron chi connectivity index (χ1n) is 16.0. The average Bonchev–Trinajstić information content (AvgIpc) is 3.07. The van der Waals surface area contributed by atoms with Crippen LogP contribution in [0, 0.1) is 26.2 Å². The molecule has 0 fully saturated rings. The first-order valence-corrected chi connectivity index (χ1v) is 16.0. The lowest BCUT2D eigenvalue weighted by Crippen LogP contribution is -2.49. The molecule has 0 bridgehead atoms. The van der Waals surface area contributed by atoms with Crippen LogP contribution in [-0.4, -0.2) is 128 Å². The highest BCUT2D eigenvalue weighted by Crippen LogP contribution is 1.99. The zero-order valence-corrected chi connectivity index (χ0v) is 28.9. The van der Waals surface area contributed by atoms with Gasteiger partial charge in [-0.15, -0.1) is 12.3 Å². The predicted octanol–water partition coefficient (Wildman–Crippen LogP) is -5.72. The maximum Gasteiger partial charge on any atom is 0.328 e. The van der Waals surface area contributed by atoms with Gasteiger partial charge in [-0.3, -0.25) is 57.5 Å². The number of rotatable bonds is 20. The van der Waals surface area contributed by atoms with Gasteiger partial charge < -0.3 is 36.8 Å². The van der Waals surface area contributed by atoms with Crippen LogP contribution in [0.2, 0.25) is 0 Å². The summed E-state index contributed by atoms with van der Waals surface area (Å²) in [5, 5.41) is 5.10. The Morgan fingerprint density at radius 1 is 0.731 bits per heavy atom. The molecule has 0 radical (unpaired) electrons. The van der Waals surface area contributed by atoms with Crippen LogP contribution in [0.5, 0.6) is 0 Å². The molecule has 0 aliphatic heterocycles. The Bertz CT molecular complexity index is 1920. The van der Waals surface area contributed by atoms with Crippen molar-refractivity contribution in [2.45, 2.75) is 39.8 Å². The molecule has 6 amide bonds. The van der Waals surface area contributed by atoms with Gasteiger partial charge in [-0.2, -0.15) is 0 Å². The highest BCUT2D eigenvalue weighted by Gasteiger charge is 2.21. The van der Waals surface area contributed by atoms with E-state index in [9.17, 15) is 47.9 Å². The number of aryl methyl sites for hydroxylation is 2. The van der Waals surface area contributed by atoms with E-state index in [-0.39, 0.29) is 63.2 Å². The SMILES string of the molecule is C#CCCC(=O)N(CCNC(=O)CN(CCN)C(=O)Cn1cc(C)c(=O)[nH]c1=O)CC(=O)NCCN(CC(N)=O)C(=O)Cn1cc(C)c(=O)[nH]c1=O. The van der Waals surface area contributed by atoms with Crippen molar-refractivity contribution in [3.63, 3.8) is 0 Å². The van der Waals surface area contributed by atoms with E-state index in [1.54, 1.807) is 0 Å². The van der Waals surface area contributed by atoms with Gasteiger partial charge in [0, 0.05) is 75.6 Å². The minimum absolute atomic E-state index is 0.00833. The topological polar surface area (TPSA) is 298 Å². The van der Waals surface area contributed by atoms with Crippen molar-refractivity contribution in [3.05, 3.63) is 65.2 Å². The number of nitrogens with two attached hydrogens (primary N) is 2. The van der Waals surface area contributed by atoms with E-state index in [1.165, 1.54) is 26.2 Å². The highest BCUT2D eigenvalue weighted by atomic mass is 16.2. The van der Waals surface area contributed by atoms with Gasteiger partial charge in [0.1, 0.15) is 13.1 Å². The molecule has 0 atom stereocenters. The number of aromatic amines is 2. The van der Waals surface area contributed by atoms with Crippen LogP contribution < -0.4 is 44.6 Å². The molecule has 282 valence electrons. The van der Waals surface area contributed by atoms with Crippen LogP contribution in [0.4, 0.5) is 0 Å². The minimum Gasteiger partial charge on any atom is -0.368 e. The van der Waals surface area contributed by atoms with E-state index in [4.69, 9.17) is 17.9 Å². The second-order valence-corrected chi connectivity index (χ2v) is 11.5. The molecule has 0 unspecified atom stereocenters. The zero-order chi connectivity index (χ0) is 39.0. The van der Waals surface area contributed by atoms with Gasteiger partial charge in [0.25, 0.3) is 11.1 Å². The normalized spacial score (nSPS) is 10.5. The van der Waals surface area contributed by atoms with Gasteiger partial charge in [0.05, 0.1) is 19.6 Å². The maximum absolute atomic E-state index is 12.9. The lowest BCUT2D eigenvalue weighted by atomic mass is 10.2. The summed E-state index contributed by atoms with van der Waals surface area (Å²) in [4.78, 5) is 131. The van der Waals surface area contributed by atoms with Gasteiger partial charge in [0.15, 0.2) is 0 Å². The van der Waals surface area contributed by atoms with E-state index in [0.29, 0.717) is 0 Å². The first kappa shape index (κ1) is 41.9. The van der Waals surface area contributed by atoms with Crippen molar-refractivity contribution in [2.24, 2.45) is 11.5 Å². The molecule has 21 heteroatoms. The molecule has 0 saturated heterocycles. The van der Waals surface area contributed by atoms with Gasteiger partial charge in [-0.1, -0.05) is 0 Å². The molecule has 0 aliphatic carbocycles. The largest absolute Gasteiger partial charge is 0.368 e. The summed E-state index contributed by atoms with van der Waals surface area (Å²) in [5.74, 6) is -1.59. The number of hydrogen-bond donors (Lipinski definition) is 6. The molecule has 2 heterocycles. The molecule has 0 aliphatic rings. The van der Waals surface area contributed by atoms with E-state index in [2.05, 4.69) is 26.5 Å². The maximum atomic E-state index is 12.9. The summed E-state index contributed by atoms with van der Waals surface area (Å²) >= 11 is 0. The summed E-state index contributed by atoms with van der Waals surface area (Å²) < 4.78 is 1.95. The number of primary amides is 1. The van der Waals surface area contributed by atoms with E-state index in [0.717, 1.165) is 23.8 Å². The molecule has 2 aromatic rings. The smallest absolute Gasteiger partial charge is 0.328 e. The van der Waals surface area contributed by atoms with Crippen LogP contribution in [0.1, 0.15) is 24.0 Å². The Morgan fingerprint density at radius 2 is 1.15 bits per heavy atom. The van der Waals surface area contributed by atoms with E-state index in [1.807, 2.05) is 0 Å². The fraction of sp³-hybridized carbons (Fsp3) is 0.484. The molecule has 0 saturated carbocycles. The molecule has 2 aromatic heterocycles. The Kier molecular flexibility index (Phi) is 16.4. The number of carbonyl (C=O) groups is 6. The number of amides is 6. The third kappa shape index (κ3) is 13.5. The summed E-state index contributed by atoms with van der Waals surface area (Å²) in [5.41, 5.74) is 8.42. The Hall–Kier alpha value is -6.30. The number of terminal acetylenes is 1. The van der Waals surface area contributed by atoms with Gasteiger partial charge in [0.2, 0.25) is 35.4 Å². The van der Waals surface area contributed by atoms with Gasteiger partial charge in [-0.05, 0) is 13.8 Å². The average molecular weight is 730 g/mol. The zero-order valence-electron chi connectivity index (χ0n) is 28.9. The monoisotopic (exact) mass is 729 g/mol. The van der Waals surface area contributed by atoms with Crippen LogP contribution in [0.25, 0.3) is 0 Å². The molecular formula is C31H43N11O10. The summed E-state index contributed by atoms with van der Waals surface area (Å²) in [7, 11) is 0. The first-order chi connectivity index (χ1) is 24.6. The quantitative estimate of drug-likeness (QED) is 0.0698. The van der Waals surface area contributed by atoms with Crippen molar-refractivity contribution < 1.29 is 28.8 Å². The number of nitrogens with one attached hydrogen (secondary N) is 4. The number of hydrogen-bond acceptors (Lipinski definition) is 11. The second kappa shape index (κ2) is 20.4. The van der Waals surface area contributed by atoms with E-state index >= 15 is 0 Å². The van der Waals surface area contributed by atoms with Crippen molar-refractivity contribution in [1.29, 1.82) is 0 Å². The predicted molar refractivity (Wildman–Crippen MR) is 184 cm³/mol. The third-order valence-electron chi connectivity index (χ3n) is 7.35. The molecule has 8 N–H and O–H groups in total. The van der Waals surface area contributed by atoms with Crippen LogP contribution in [0.15, 0.2) is 31.6 Å². The van der Waals surface area contributed by atoms with Crippen molar-refractivity contribution in [3.8, 4) is 12.3 Å². The lowest BCUT2D eigenvalue weighted by Gasteiger charge is -2.25. The van der Waals surface area contributed by atoms with Crippen molar-refractivity contribution in [1.82, 2.24) is 44.4 Å². The molecular weight excluding hydrogens is 686 g/mol. The molecule has 2 rings (SSSR count). The molecule has 21 nitrogen and oxygen atoms in total. The van der Waals surface area contributed by atoms with Crippen molar-refractivity contribution in [2.75, 3.05) is 58.9 Å². The van der Waals surface area contributed by atoms with Crippen LogP contribution in [-0.2, 0) is 41.9 Å². The molecule has 52 heavy (non-hydrogen) atoms. The summed E-state index contributed by atoms with van der Waals surface area (Å²) in [6, 6.07) is 0. The number of H-pyrrole nitrogens is 2. The standard InChI is InChI=1S/C31H43N11O10/c1-4-5-6-25(46)40(12-9-35-23(44)16-38(10-7-32)26(47)18-41-13-20(2)28(49)36-30(41)51)17-24(45)34-8-11-39(15-22(33)43)27(48)19-42-14-21(3)29(50)37-31(42)52/h1,13-14H,5-12,15-19,32H2,2-3H3,(H2,33,43)(H,34,45)(H,35,44)(H,36,49,51)(H,37,50,52). The number of carbonyl (C=O) groups excluding carboxylic acids is 6. The lowest BCUT2D eigenvalue weighted by molar-refractivity contribution is -0.137. The van der Waals surface area contributed by atoms with Crippen LogP contribution in [0.3, 0.4) is 0 Å². The summed E-state index contributed by atoms with van der Waals surface area (Å²) in [6.45, 7) is -0.122. The Morgan fingerprint density at radius 3 is 1.56 bits per heavy atom. The number of nitrogens with zero attached hydrogens (tertiary/aromatic N) is 5. The molecule has 0 spiro atoms. The van der Waals surface area contributed by atoms with Gasteiger partial charge in [-0.25, -0.2) is 9.59 Å². The Labute approximate surface area is 296 Å². The minimum atomic E-state index is -0.855. The number of aromatic nitrogens is 4. The Balaban J connectivity index is 1.98. The molecule has 0 aromatic carbocycles. The van der Waals surface area contributed by atoms with Crippen molar-refractivity contribution >= 4 is 35.4 Å². The fourth-order valence-electron chi connectivity index (χ4n) is 4.64. The summed E-state index contributed by atoms with van der Waals surface area (Å²) in [6.07, 6.45) is 7.68. The third-order valence-corrected chi connectivity index (χ3v) is 7.35. The van der Waals surface area contributed by atoms with Gasteiger partial charge >= 0.3 is 11.4 Å². The van der Waals surface area contributed by atoms with E-state index < -0.39 is 90.7 Å². The van der Waals surface area contributed by atoms with Crippen LogP contribution >= 0.6 is 0 Å². The second-order valence-electron chi connectivity index (χ2n) is 11.5. The fourth-order valence-corrected chi connectivity index (χ4v) is 4.64. The highest BCUT2D eigenvalue weighted by molar-refractivity contribution is 5.86.